The summed E-state index contributed by atoms with van der Waals surface area (Å²) < 4.78 is 60.9. The molecule has 0 aromatic carbocycles. The Labute approximate surface area is 230 Å². The predicted octanol–water partition coefficient (Wildman–Crippen LogP) is 3.24. The molecule has 0 bridgehead atoms. The highest BCUT2D eigenvalue weighted by molar-refractivity contribution is 5.80. The van der Waals surface area contributed by atoms with Crippen LogP contribution in [0.2, 0.25) is 0 Å². The lowest BCUT2D eigenvalue weighted by atomic mass is 9.93. The molecule has 10 nitrogen and oxygen atoms in total. The summed E-state index contributed by atoms with van der Waals surface area (Å²) in [6.07, 6.45) is -9.82. The largest absolute Gasteiger partial charge is 0.444 e. The third kappa shape index (κ3) is 7.79. The van der Waals surface area contributed by atoms with Crippen LogP contribution in [-0.4, -0.2) is 79.9 Å². The first-order valence-corrected chi connectivity index (χ1v) is 13.1. The number of aliphatic hydroxyl groups is 1. The second-order valence-electron chi connectivity index (χ2n) is 12.2. The van der Waals surface area contributed by atoms with Gasteiger partial charge in [0.15, 0.2) is 11.9 Å². The molecular weight excluding hydrogens is 538 g/mol. The number of halogens is 4. The fourth-order valence-corrected chi connectivity index (χ4v) is 4.53. The summed E-state index contributed by atoms with van der Waals surface area (Å²) in [6, 6.07) is -1.08. The van der Waals surface area contributed by atoms with Gasteiger partial charge in [0.1, 0.15) is 17.6 Å². The van der Waals surface area contributed by atoms with Gasteiger partial charge in [-0.2, -0.15) is 13.2 Å². The quantitative estimate of drug-likeness (QED) is 0.517. The molecule has 2 aliphatic rings. The number of carbonyl (C=O) groups excluding carboxylic acids is 3. The zero-order chi connectivity index (χ0) is 30.2. The minimum atomic E-state index is -4.70. The van der Waals surface area contributed by atoms with Gasteiger partial charge in [0.2, 0.25) is 11.8 Å². The minimum absolute atomic E-state index is 0.00396. The number of likely N-dealkylation sites (tertiary alicyclic amines) is 1. The Balaban J connectivity index is 1.84. The van der Waals surface area contributed by atoms with E-state index < -0.39 is 59.2 Å². The first kappa shape index (κ1) is 31.5. The number of hydrogen-bond acceptors (Lipinski definition) is 7. The molecule has 3 atom stereocenters. The number of piperidine rings is 1. The van der Waals surface area contributed by atoms with Crippen LogP contribution in [0.15, 0.2) is 0 Å². The standard InChI is InChI=1S/C26H37F4N5O5/c1-24(2,3)22-32-17-13-34(10-9-15(17)20(33-22)26(28,29)30)19(37)11-14(31-23(39)40-25(4,5)6)12-35-18(36)8-7-16(27)21(35)38/h14,16,21,38H,7-13H2,1-6H3,(H,31,39)/t14-,16?,21?/m0/s1. The van der Waals surface area contributed by atoms with E-state index in [9.17, 15) is 37.1 Å². The number of nitrogens with zero attached hydrogens (tertiary/aromatic N) is 4. The SMILES string of the molecule is CC(C)(C)OC(=O)N[C@@H](CC(=O)N1CCc2c(nc(C(C)(C)C)nc2C(F)(F)F)C1)CN1C(=O)CCC(F)C1O. The second-order valence-corrected chi connectivity index (χ2v) is 12.2. The molecule has 40 heavy (non-hydrogen) atoms. The number of alkyl carbamates (subject to hydrolysis) is 1. The Hall–Kier alpha value is -3.03. The average molecular weight is 576 g/mol. The molecule has 2 N–H and O–H groups in total. The van der Waals surface area contributed by atoms with Crippen molar-refractivity contribution in [1.29, 1.82) is 0 Å². The number of fused-ring (bicyclic) bond motifs is 1. The van der Waals surface area contributed by atoms with E-state index in [2.05, 4.69) is 15.3 Å². The van der Waals surface area contributed by atoms with Gasteiger partial charge < -0.3 is 25.0 Å². The Morgan fingerprint density at radius 1 is 1.12 bits per heavy atom. The van der Waals surface area contributed by atoms with Crippen molar-refractivity contribution in [3.63, 3.8) is 0 Å². The Bertz CT molecular complexity index is 1130. The third-order valence-electron chi connectivity index (χ3n) is 6.51. The summed E-state index contributed by atoms with van der Waals surface area (Å²) in [5.41, 5.74) is -2.65. The van der Waals surface area contributed by atoms with Gasteiger partial charge >= 0.3 is 12.3 Å². The molecule has 0 aliphatic carbocycles. The van der Waals surface area contributed by atoms with Crippen LogP contribution < -0.4 is 5.32 Å². The number of hydrogen-bond donors (Lipinski definition) is 2. The van der Waals surface area contributed by atoms with E-state index in [4.69, 9.17) is 4.74 Å². The molecule has 1 saturated heterocycles. The van der Waals surface area contributed by atoms with E-state index in [1.807, 2.05) is 0 Å². The number of alkyl halides is 4. The molecule has 224 valence electrons. The summed E-state index contributed by atoms with van der Waals surface area (Å²) in [5, 5.41) is 12.8. The van der Waals surface area contributed by atoms with Crippen molar-refractivity contribution in [3.05, 3.63) is 22.8 Å². The van der Waals surface area contributed by atoms with Gasteiger partial charge in [0.05, 0.1) is 18.3 Å². The fourth-order valence-electron chi connectivity index (χ4n) is 4.53. The summed E-state index contributed by atoms with van der Waals surface area (Å²) >= 11 is 0. The molecule has 1 aromatic rings. The van der Waals surface area contributed by atoms with Gasteiger partial charge in [0.25, 0.3) is 0 Å². The fraction of sp³-hybridized carbons (Fsp3) is 0.731. The molecule has 3 rings (SSSR count). The maximum Gasteiger partial charge on any atom is 0.433 e. The van der Waals surface area contributed by atoms with E-state index >= 15 is 0 Å². The molecule has 0 saturated carbocycles. The maximum absolute atomic E-state index is 14.1. The Kier molecular flexibility index (Phi) is 9.02. The molecular formula is C26H37F4N5O5. The molecule has 14 heteroatoms. The lowest BCUT2D eigenvalue weighted by Crippen LogP contribution is -2.56. The van der Waals surface area contributed by atoms with Crippen molar-refractivity contribution < 1.29 is 41.8 Å². The maximum atomic E-state index is 14.1. The highest BCUT2D eigenvalue weighted by atomic mass is 19.4. The summed E-state index contributed by atoms with van der Waals surface area (Å²) in [6.45, 7) is 9.32. The molecule has 2 unspecified atom stereocenters. The van der Waals surface area contributed by atoms with Crippen LogP contribution in [0.3, 0.4) is 0 Å². The number of ether oxygens (including phenoxy) is 1. The van der Waals surface area contributed by atoms with Gasteiger partial charge in [-0.1, -0.05) is 20.8 Å². The van der Waals surface area contributed by atoms with Crippen molar-refractivity contribution in [2.24, 2.45) is 0 Å². The van der Waals surface area contributed by atoms with E-state index in [0.717, 1.165) is 4.90 Å². The van der Waals surface area contributed by atoms with E-state index in [1.165, 1.54) is 4.90 Å². The van der Waals surface area contributed by atoms with Crippen LogP contribution in [0.1, 0.15) is 83.6 Å². The van der Waals surface area contributed by atoms with Gasteiger partial charge in [0, 0.05) is 36.9 Å². The summed E-state index contributed by atoms with van der Waals surface area (Å²) in [5.74, 6) is -1.08. The molecule has 0 spiro atoms. The van der Waals surface area contributed by atoms with Crippen LogP contribution in [0, 0.1) is 0 Å². The van der Waals surface area contributed by atoms with Crippen molar-refractivity contribution in [3.8, 4) is 0 Å². The first-order chi connectivity index (χ1) is 18.3. The van der Waals surface area contributed by atoms with Crippen LogP contribution in [0.5, 0.6) is 0 Å². The third-order valence-corrected chi connectivity index (χ3v) is 6.51. The molecule has 2 aliphatic heterocycles. The number of amides is 3. The number of rotatable bonds is 5. The van der Waals surface area contributed by atoms with Crippen LogP contribution in [0.4, 0.5) is 22.4 Å². The van der Waals surface area contributed by atoms with Crippen molar-refractivity contribution in [2.45, 2.75) is 109 Å². The number of aliphatic hydroxyl groups excluding tert-OH is 1. The molecule has 3 heterocycles. The van der Waals surface area contributed by atoms with Crippen molar-refractivity contribution in [1.82, 2.24) is 25.1 Å². The van der Waals surface area contributed by atoms with E-state index in [-0.39, 0.29) is 62.4 Å². The van der Waals surface area contributed by atoms with E-state index in [0.29, 0.717) is 0 Å². The van der Waals surface area contributed by atoms with Crippen LogP contribution in [0.25, 0.3) is 0 Å². The van der Waals surface area contributed by atoms with Gasteiger partial charge in [-0.15, -0.1) is 0 Å². The highest BCUT2D eigenvalue weighted by Crippen LogP contribution is 2.35. The van der Waals surface area contributed by atoms with Crippen molar-refractivity contribution in [2.75, 3.05) is 13.1 Å². The predicted molar refractivity (Wildman–Crippen MR) is 134 cm³/mol. The van der Waals surface area contributed by atoms with Gasteiger partial charge in [-0.05, 0) is 33.6 Å². The highest BCUT2D eigenvalue weighted by Gasteiger charge is 2.41. The summed E-state index contributed by atoms with van der Waals surface area (Å²) in [7, 11) is 0. The number of aromatic nitrogens is 2. The second kappa shape index (κ2) is 11.5. The molecule has 3 amide bonds. The average Bonchev–Trinajstić information content (AvgIpc) is 2.80. The smallest absolute Gasteiger partial charge is 0.433 e. The van der Waals surface area contributed by atoms with Crippen LogP contribution >= 0.6 is 0 Å². The molecule has 0 radical (unpaired) electrons. The Morgan fingerprint density at radius 2 is 1.77 bits per heavy atom. The normalized spacial score (nSPS) is 21.1. The van der Waals surface area contributed by atoms with Crippen molar-refractivity contribution >= 4 is 17.9 Å². The number of carbonyl (C=O) groups is 3. The van der Waals surface area contributed by atoms with Gasteiger partial charge in [-0.25, -0.2) is 19.2 Å². The monoisotopic (exact) mass is 575 g/mol. The topological polar surface area (TPSA) is 125 Å². The lowest BCUT2D eigenvalue weighted by Gasteiger charge is -2.37. The zero-order valence-corrected chi connectivity index (χ0v) is 23.6. The Morgan fingerprint density at radius 3 is 2.35 bits per heavy atom. The lowest BCUT2D eigenvalue weighted by molar-refractivity contribution is -0.156. The minimum Gasteiger partial charge on any atom is -0.444 e. The first-order valence-electron chi connectivity index (χ1n) is 13.1. The van der Waals surface area contributed by atoms with Crippen LogP contribution in [-0.2, 0) is 38.9 Å². The molecule has 1 aromatic heterocycles. The summed E-state index contributed by atoms with van der Waals surface area (Å²) in [4.78, 5) is 48.6. The number of nitrogens with one attached hydrogen (secondary N) is 1. The molecule has 1 fully saturated rings. The van der Waals surface area contributed by atoms with E-state index in [1.54, 1.807) is 41.5 Å². The van der Waals surface area contributed by atoms with Gasteiger partial charge in [-0.3, -0.25) is 9.59 Å². The zero-order valence-electron chi connectivity index (χ0n) is 23.6.